The number of hydrogen-bond donors (Lipinski definition) is 1. The van der Waals surface area contributed by atoms with E-state index in [1.54, 1.807) is 17.9 Å². The zero-order valence-corrected chi connectivity index (χ0v) is 21.3. The van der Waals surface area contributed by atoms with Crippen LogP contribution in [0.2, 0.25) is 0 Å². The van der Waals surface area contributed by atoms with Crippen LogP contribution in [0, 0.1) is 0 Å². The minimum Gasteiger partial charge on any atom is -0.497 e. The van der Waals surface area contributed by atoms with Gasteiger partial charge >= 0.3 is 0 Å². The summed E-state index contributed by atoms with van der Waals surface area (Å²) in [5.41, 5.74) is 2.67. The first-order chi connectivity index (χ1) is 16.5. The zero-order valence-electron chi connectivity index (χ0n) is 20.4. The Morgan fingerprint density at radius 2 is 1.74 bits per heavy atom. The Bertz CT molecular complexity index is 1290. The molecule has 2 heterocycles. The van der Waals surface area contributed by atoms with Gasteiger partial charge < -0.3 is 14.8 Å². The topological polar surface area (TPSA) is 99.5 Å². The highest BCUT2D eigenvalue weighted by atomic mass is 32.2. The van der Waals surface area contributed by atoms with E-state index in [2.05, 4.69) is 31.2 Å². The summed E-state index contributed by atoms with van der Waals surface area (Å²) in [6.07, 6.45) is 0.450. The van der Waals surface area contributed by atoms with Gasteiger partial charge in [-0.1, -0.05) is 32.9 Å². The van der Waals surface area contributed by atoms with Crippen LogP contribution in [-0.4, -0.2) is 49.3 Å². The number of aromatic nitrogens is 2. The minimum atomic E-state index is -3.13. The molecule has 0 radical (unpaired) electrons. The molecule has 0 spiro atoms. The maximum atomic E-state index is 12.7. The van der Waals surface area contributed by atoms with Gasteiger partial charge in [-0.2, -0.15) is 5.10 Å². The van der Waals surface area contributed by atoms with Crippen molar-refractivity contribution in [2.45, 2.75) is 38.6 Å². The van der Waals surface area contributed by atoms with E-state index in [0.717, 1.165) is 11.3 Å². The Labute approximate surface area is 206 Å². The van der Waals surface area contributed by atoms with E-state index in [1.165, 1.54) is 5.56 Å². The highest BCUT2D eigenvalue weighted by Crippen LogP contribution is 2.31. The zero-order chi connectivity index (χ0) is 25.2. The molecule has 1 unspecified atom stereocenters. The van der Waals surface area contributed by atoms with Crippen molar-refractivity contribution in [3.05, 3.63) is 60.2 Å². The lowest BCUT2D eigenvalue weighted by atomic mass is 9.87. The van der Waals surface area contributed by atoms with Gasteiger partial charge in [0.15, 0.2) is 16.4 Å². The van der Waals surface area contributed by atoms with Crippen LogP contribution < -0.4 is 14.8 Å². The molecule has 1 atom stereocenters. The third-order valence-corrected chi connectivity index (χ3v) is 7.78. The predicted octanol–water partition coefficient (Wildman–Crippen LogP) is 4.23. The van der Waals surface area contributed by atoms with Crippen molar-refractivity contribution in [3.63, 3.8) is 0 Å². The molecule has 0 bridgehead atoms. The normalized spacial score (nSPS) is 17.2. The molecule has 9 heteroatoms. The Kier molecular flexibility index (Phi) is 6.89. The molecule has 3 aromatic rings. The number of rotatable bonds is 7. The molecule has 8 nitrogen and oxygen atoms in total. The number of benzene rings is 2. The number of nitrogens with one attached hydrogen (secondary N) is 1. The molecule has 186 valence electrons. The maximum Gasteiger partial charge on any atom is 0.263 e. The Balaban J connectivity index is 1.50. The van der Waals surface area contributed by atoms with Gasteiger partial charge in [-0.3, -0.25) is 4.79 Å². The lowest BCUT2D eigenvalue weighted by Crippen LogP contribution is -2.23. The number of amides is 1. The molecule has 1 aliphatic rings. The molecule has 1 amide bonds. The molecule has 1 aromatic heterocycles. The van der Waals surface area contributed by atoms with Crippen molar-refractivity contribution in [1.29, 1.82) is 0 Å². The van der Waals surface area contributed by atoms with E-state index >= 15 is 0 Å². The fraction of sp³-hybridized carbons (Fsp3) is 0.385. The van der Waals surface area contributed by atoms with Gasteiger partial charge in [-0.25, -0.2) is 13.1 Å². The number of carbonyl (C=O) groups is 1. The van der Waals surface area contributed by atoms with Crippen molar-refractivity contribution in [1.82, 2.24) is 9.78 Å². The number of carbonyl (C=O) groups excluding carboxylic acids is 1. The Hall–Kier alpha value is -3.33. The van der Waals surface area contributed by atoms with Crippen LogP contribution in [0.1, 0.15) is 38.8 Å². The number of methoxy groups -OCH3 is 1. The van der Waals surface area contributed by atoms with E-state index < -0.39 is 9.84 Å². The van der Waals surface area contributed by atoms with Gasteiger partial charge in [0.2, 0.25) is 0 Å². The fourth-order valence-electron chi connectivity index (χ4n) is 4.02. The second-order valence-corrected chi connectivity index (χ2v) is 12.0. The molecule has 0 saturated carbocycles. The summed E-state index contributed by atoms with van der Waals surface area (Å²) in [7, 11) is -1.53. The summed E-state index contributed by atoms with van der Waals surface area (Å²) in [6, 6.07) is 16.5. The van der Waals surface area contributed by atoms with Crippen LogP contribution in [-0.2, 0) is 20.0 Å². The molecular weight excluding hydrogens is 466 g/mol. The number of nitrogens with zero attached hydrogens (tertiary/aromatic N) is 2. The summed E-state index contributed by atoms with van der Waals surface area (Å²) in [5, 5.41) is 7.49. The Morgan fingerprint density at radius 3 is 2.31 bits per heavy atom. The Morgan fingerprint density at radius 1 is 1.09 bits per heavy atom. The van der Waals surface area contributed by atoms with Crippen molar-refractivity contribution in [3.8, 4) is 22.8 Å². The second-order valence-electron chi connectivity index (χ2n) is 9.76. The van der Waals surface area contributed by atoms with E-state index in [9.17, 15) is 13.2 Å². The van der Waals surface area contributed by atoms with Gasteiger partial charge in [-0.15, -0.1) is 0 Å². The molecule has 1 fully saturated rings. The summed E-state index contributed by atoms with van der Waals surface area (Å²) in [5.74, 6) is 1.51. The maximum absolute atomic E-state index is 12.7. The first-order valence-corrected chi connectivity index (χ1v) is 13.3. The van der Waals surface area contributed by atoms with Gasteiger partial charge in [0.05, 0.1) is 30.4 Å². The lowest BCUT2D eigenvalue weighted by Gasteiger charge is -2.19. The number of anilines is 1. The first kappa shape index (κ1) is 24.8. The molecule has 0 aliphatic carbocycles. The monoisotopic (exact) mass is 497 g/mol. The van der Waals surface area contributed by atoms with Crippen LogP contribution in [0.25, 0.3) is 11.3 Å². The smallest absolute Gasteiger partial charge is 0.263 e. The minimum absolute atomic E-state index is 0.00374. The van der Waals surface area contributed by atoms with E-state index in [4.69, 9.17) is 9.47 Å². The summed E-state index contributed by atoms with van der Waals surface area (Å²) >= 11 is 0. The van der Waals surface area contributed by atoms with Gasteiger partial charge in [0.1, 0.15) is 17.3 Å². The predicted molar refractivity (Wildman–Crippen MR) is 136 cm³/mol. The van der Waals surface area contributed by atoms with E-state index in [0.29, 0.717) is 23.7 Å². The molecule has 2 aromatic carbocycles. The fourth-order valence-corrected chi connectivity index (χ4v) is 5.71. The average Bonchev–Trinajstić information content (AvgIpc) is 3.40. The largest absolute Gasteiger partial charge is 0.497 e. The number of ether oxygens (including phenoxy) is 2. The lowest BCUT2D eigenvalue weighted by molar-refractivity contribution is -0.118. The quantitative estimate of drug-likeness (QED) is 0.524. The van der Waals surface area contributed by atoms with Gasteiger partial charge in [0, 0.05) is 11.6 Å². The summed E-state index contributed by atoms with van der Waals surface area (Å²) in [4.78, 5) is 12.7. The molecule has 35 heavy (non-hydrogen) atoms. The highest BCUT2D eigenvalue weighted by Gasteiger charge is 2.32. The molecule has 4 rings (SSSR count). The van der Waals surface area contributed by atoms with Crippen molar-refractivity contribution in [2.75, 3.05) is 30.5 Å². The van der Waals surface area contributed by atoms with Crippen LogP contribution in [0.5, 0.6) is 11.5 Å². The van der Waals surface area contributed by atoms with Crippen LogP contribution in [0.3, 0.4) is 0 Å². The van der Waals surface area contributed by atoms with Gasteiger partial charge in [0.25, 0.3) is 5.91 Å². The van der Waals surface area contributed by atoms with Crippen molar-refractivity contribution in [2.24, 2.45) is 0 Å². The molecular formula is C26H31N3O5S. The highest BCUT2D eigenvalue weighted by molar-refractivity contribution is 7.91. The van der Waals surface area contributed by atoms with Gasteiger partial charge in [-0.05, 0) is 53.8 Å². The van der Waals surface area contributed by atoms with E-state index in [-0.39, 0.29) is 35.5 Å². The SMILES string of the molecule is COc1ccc(-c2cc(NC(=O)COc3ccc(C(C)(C)C)cc3)n(C3CCS(=O)(=O)C3)n2)cc1. The molecule has 1 N–H and O–H groups in total. The number of hydrogen-bond acceptors (Lipinski definition) is 6. The van der Waals surface area contributed by atoms with Crippen LogP contribution >= 0.6 is 0 Å². The number of sulfone groups is 1. The summed E-state index contributed by atoms with van der Waals surface area (Å²) < 4.78 is 36.7. The van der Waals surface area contributed by atoms with Crippen molar-refractivity contribution >= 4 is 21.6 Å². The van der Waals surface area contributed by atoms with Crippen LogP contribution in [0.15, 0.2) is 54.6 Å². The third-order valence-electron chi connectivity index (χ3n) is 6.03. The standard InChI is InChI=1S/C26H31N3O5S/c1-26(2,3)19-7-11-22(12-8-19)34-16-25(30)27-24-15-23(18-5-9-21(33-4)10-6-18)28-29(24)20-13-14-35(31,32)17-20/h5-12,15,20H,13-14,16-17H2,1-4H3,(H,27,30). The van der Waals surface area contributed by atoms with Crippen LogP contribution in [0.4, 0.5) is 5.82 Å². The third kappa shape index (κ3) is 6.03. The second kappa shape index (κ2) is 9.73. The van der Waals surface area contributed by atoms with Crippen molar-refractivity contribution < 1.29 is 22.7 Å². The molecule has 1 aliphatic heterocycles. The average molecular weight is 498 g/mol. The van der Waals surface area contributed by atoms with E-state index in [1.807, 2.05) is 48.5 Å². The summed E-state index contributed by atoms with van der Waals surface area (Å²) in [6.45, 7) is 6.22. The first-order valence-electron chi connectivity index (χ1n) is 11.5. The molecule has 1 saturated heterocycles.